The molecule has 0 bridgehead atoms. The van der Waals surface area contributed by atoms with Crippen molar-refractivity contribution in [1.29, 1.82) is 0 Å². The second-order valence-corrected chi connectivity index (χ2v) is 6.67. The molecule has 2 saturated heterocycles. The maximum Gasteiger partial charge on any atom is 0.247 e. The lowest BCUT2D eigenvalue weighted by Gasteiger charge is -2.32. The Kier molecular flexibility index (Phi) is 4.60. The maximum atomic E-state index is 12.5. The van der Waals surface area contributed by atoms with Gasteiger partial charge in [-0.05, 0) is 45.3 Å². The summed E-state index contributed by atoms with van der Waals surface area (Å²) in [6.45, 7) is 5.47. The third-order valence-electron chi connectivity index (χ3n) is 5.34. The van der Waals surface area contributed by atoms with Crippen molar-refractivity contribution in [2.24, 2.45) is 0 Å². The molecule has 0 radical (unpaired) electrons. The fraction of sp³-hybridized carbons (Fsp3) is 0.875. The molecule has 3 aliphatic rings. The first-order valence-corrected chi connectivity index (χ1v) is 8.53. The van der Waals surface area contributed by atoms with E-state index >= 15 is 0 Å². The zero-order valence-corrected chi connectivity index (χ0v) is 13.0. The molecule has 2 heterocycles. The van der Waals surface area contributed by atoms with Crippen LogP contribution >= 0.6 is 0 Å². The molecular formula is C16H27N3O2. The molecule has 0 aromatic heterocycles. The lowest BCUT2D eigenvalue weighted by molar-refractivity contribution is -0.141. The molecule has 5 nitrogen and oxygen atoms in total. The minimum atomic E-state index is -0.267. The minimum Gasteiger partial charge on any atom is -0.303 e. The highest BCUT2D eigenvalue weighted by Gasteiger charge is 2.43. The molecule has 3 rings (SSSR count). The molecule has 1 N–H and O–H groups in total. The van der Waals surface area contributed by atoms with Gasteiger partial charge < -0.3 is 10.2 Å². The predicted octanol–water partition coefficient (Wildman–Crippen LogP) is 1.13. The summed E-state index contributed by atoms with van der Waals surface area (Å²) in [5.74, 6) is 0.0696. The first-order valence-electron chi connectivity index (χ1n) is 8.53. The van der Waals surface area contributed by atoms with E-state index in [0.29, 0.717) is 12.5 Å². The molecule has 0 spiro atoms. The number of nitrogens with one attached hydrogen (secondary N) is 1. The number of hydrogen-bond acceptors (Lipinski definition) is 4. The van der Waals surface area contributed by atoms with Crippen LogP contribution in [-0.2, 0) is 9.59 Å². The van der Waals surface area contributed by atoms with Gasteiger partial charge in [-0.2, -0.15) is 0 Å². The molecule has 1 atom stereocenters. The highest BCUT2D eigenvalue weighted by Crippen LogP contribution is 2.28. The van der Waals surface area contributed by atoms with Gasteiger partial charge in [0.05, 0.1) is 12.5 Å². The Bertz CT molecular complexity index is 398. The van der Waals surface area contributed by atoms with Gasteiger partial charge in [-0.3, -0.25) is 14.5 Å². The Morgan fingerprint density at radius 1 is 1.10 bits per heavy atom. The summed E-state index contributed by atoms with van der Waals surface area (Å²) in [4.78, 5) is 28.7. The van der Waals surface area contributed by atoms with Gasteiger partial charge in [0.1, 0.15) is 0 Å². The first-order chi connectivity index (χ1) is 10.2. The summed E-state index contributed by atoms with van der Waals surface area (Å²) in [7, 11) is 0. The van der Waals surface area contributed by atoms with Crippen LogP contribution in [0.15, 0.2) is 0 Å². The van der Waals surface area contributed by atoms with E-state index in [9.17, 15) is 9.59 Å². The van der Waals surface area contributed by atoms with E-state index < -0.39 is 0 Å². The molecule has 2 aliphatic heterocycles. The van der Waals surface area contributed by atoms with E-state index in [1.165, 1.54) is 0 Å². The number of carbonyl (C=O) groups is 2. The number of imide groups is 1. The summed E-state index contributed by atoms with van der Waals surface area (Å²) in [5, 5.41) is 3.46. The standard InChI is InChI=1S/C16H27N3O2/c1-2-18-9-7-12(8-10-18)17-14-11-15(20)19(16(14)21)13-5-3-4-6-13/h12-14,17H,2-11H2,1H3. The van der Waals surface area contributed by atoms with Crippen molar-refractivity contribution in [3.8, 4) is 0 Å². The number of likely N-dealkylation sites (tertiary alicyclic amines) is 2. The van der Waals surface area contributed by atoms with Crippen molar-refractivity contribution in [2.75, 3.05) is 19.6 Å². The van der Waals surface area contributed by atoms with Crippen molar-refractivity contribution in [1.82, 2.24) is 15.1 Å². The van der Waals surface area contributed by atoms with E-state index in [-0.39, 0.29) is 23.9 Å². The summed E-state index contributed by atoms with van der Waals surface area (Å²) in [6, 6.07) is 0.299. The van der Waals surface area contributed by atoms with Gasteiger partial charge in [-0.1, -0.05) is 19.8 Å². The van der Waals surface area contributed by atoms with Crippen molar-refractivity contribution >= 4 is 11.8 Å². The number of piperidine rings is 1. The van der Waals surface area contributed by atoms with Crippen LogP contribution in [0.25, 0.3) is 0 Å². The lowest BCUT2D eigenvalue weighted by atomic mass is 10.0. The Morgan fingerprint density at radius 2 is 1.76 bits per heavy atom. The fourth-order valence-corrected chi connectivity index (χ4v) is 4.03. The molecule has 21 heavy (non-hydrogen) atoms. The zero-order chi connectivity index (χ0) is 14.8. The average molecular weight is 293 g/mol. The number of nitrogens with zero attached hydrogens (tertiary/aromatic N) is 2. The van der Waals surface area contributed by atoms with Gasteiger partial charge in [0.15, 0.2) is 0 Å². The van der Waals surface area contributed by atoms with E-state index in [0.717, 1.165) is 58.2 Å². The second kappa shape index (κ2) is 6.44. The zero-order valence-electron chi connectivity index (χ0n) is 13.0. The molecular weight excluding hydrogens is 266 g/mol. The van der Waals surface area contributed by atoms with Crippen LogP contribution in [0.4, 0.5) is 0 Å². The van der Waals surface area contributed by atoms with Gasteiger partial charge in [0, 0.05) is 12.1 Å². The van der Waals surface area contributed by atoms with E-state index in [1.54, 1.807) is 4.90 Å². The van der Waals surface area contributed by atoms with Crippen molar-refractivity contribution in [2.45, 2.75) is 70.0 Å². The predicted molar refractivity (Wildman–Crippen MR) is 80.8 cm³/mol. The van der Waals surface area contributed by atoms with Crippen LogP contribution in [0, 0.1) is 0 Å². The molecule has 0 aromatic rings. The van der Waals surface area contributed by atoms with Gasteiger partial charge in [-0.25, -0.2) is 0 Å². The van der Waals surface area contributed by atoms with Gasteiger partial charge in [0.25, 0.3) is 0 Å². The van der Waals surface area contributed by atoms with Gasteiger partial charge in [-0.15, -0.1) is 0 Å². The summed E-state index contributed by atoms with van der Waals surface area (Å²) in [5.41, 5.74) is 0. The van der Waals surface area contributed by atoms with Crippen LogP contribution in [0.2, 0.25) is 0 Å². The van der Waals surface area contributed by atoms with E-state index in [2.05, 4.69) is 17.1 Å². The van der Waals surface area contributed by atoms with Crippen molar-refractivity contribution < 1.29 is 9.59 Å². The Labute approximate surface area is 127 Å². The fourth-order valence-electron chi connectivity index (χ4n) is 4.03. The van der Waals surface area contributed by atoms with Crippen LogP contribution in [0.5, 0.6) is 0 Å². The molecule has 1 aliphatic carbocycles. The molecule has 1 saturated carbocycles. The monoisotopic (exact) mass is 293 g/mol. The van der Waals surface area contributed by atoms with E-state index in [1.807, 2.05) is 0 Å². The molecule has 1 unspecified atom stereocenters. The third kappa shape index (κ3) is 3.14. The Morgan fingerprint density at radius 3 is 2.38 bits per heavy atom. The number of carbonyl (C=O) groups excluding carboxylic acids is 2. The quantitative estimate of drug-likeness (QED) is 0.790. The molecule has 3 fully saturated rings. The number of hydrogen-bond donors (Lipinski definition) is 1. The van der Waals surface area contributed by atoms with Crippen molar-refractivity contribution in [3.63, 3.8) is 0 Å². The highest BCUT2D eigenvalue weighted by atomic mass is 16.2. The molecule has 5 heteroatoms. The lowest BCUT2D eigenvalue weighted by Crippen LogP contribution is -2.49. The summed E-state index contributed by atoms with van der Waals surface area (Å²) < 4.78 is 0. The maximum absolute atomic E-state index is 12.5. The SMILES string of the molecule is CCN1CCC(NC2CC(=O)N(C3CCCC3)C2=O)CC1. The molecule has 0 aromatic carbocycles. The second-order valence-electron chi connectivity index (χ2n) is 6.67. The van der Waals surface area contributed by atoms with Crippen LogP contribution in [-0.4, -0.2) is 59.4 Å². The smallest absolute Gasteiger partial charge is 0.247 e. The average Bonchev–Trinajstić information content (AvgIpc) is 3.09. The summed E-state index contributed by atoms with van der Waals surface area (Å²) >= 11 is 0. The summed E-state index contributed by atoms with van der Waals surface area (Å²) in [6.07, 6.45) is 6.82. The van der Waals surface area contributed by atoms with Gasteiger partial charge >= 0.3 is 0 Å². The van der Waals surface area contributed by atoms with Crippen LogP contribution in [0.1, 0.15) is 51.9 Å². The van der Waals surface area contributed by atoms with Crippen molar-refractivity contribution in [3.05, 3.63) is 0 Å². The number of rotatable bonds is 4. The van der Waals surface area contributed by atoms with Gasteiger partial charge in [0.2, 0.25) is 11.8 Å². The Balaban J connectivity index is 1.55. The normalized spacial score (nSPS) is 29.8. The minimum absolute atomic E-state index is 0.0322. The third-order valence-corrected chi connectivity index (χ3v) is 5.34. The molecule has 118 valence electrons. The highest BCUT2D eigenvalue weighted by molar-refractivity contribution is 6.05. The van der Waals surface area contributed by atoms with Crippen LogP contribution in [0.3, 0.4) is 0 Å². The first kappa shape index (κ1) is 15.0. The van der Waals surface area contributed by atoms with E-state index in [4.69, 9.17) is 0 Å². The Hall–Kier alpha value is -0.940. The van der Waals surface area contributed by atoms with Crippen LogP contribution < -0.4 is 5.32 Å². The largest absolute Gasteiger partial charge is 0.303 e. The molecule has 2 amide bonds. The number of amides is 2. The topological polar surface area (TPSA) is 52.7 Å².